The van der Waals surface area contributed by atoms with E-state index in [0.717, 1.165) is 59.9 Å². The summed E-state index contributed by atoms with van der Waals surface area (Å²) in [6.45, 7) is 0. The Kier molecular flexibility index (Phi) is 5.00. The Balaban J connectivity index is 1.28. The first-order chi connectivity index (χ1) is 14.9. The molecule has 6 heteroatoms. The summed E-state index contributed by atoms with van der Waals surface area (Å²) < 4.78 is 45.1. The molecule has 5 rings (SSSR count). The molecule has 2 aromatic carbocycles. The van der Waals surface area contributed by atoms with Crippen LogP contribution in [-0.2, 0) is 15.6 Å². The zero-order chi connectivity index (χ0) is 21.6. The number of fused-ring (bicyclic) bond motifs is 1. The molecule has 31 heavy (non-hydrogen) atoms. The quantitative estimate of drug-likeness (QED) is 0.533. The molecule has 4 nitrogen and oxygen atoms in total. The van der Waals surface area contributed by atoms with E-state index in [1.807, 2.05) is 18.2 Å². The maximum atomic E-state index is 13.8. The van der Waals surface area contributed by atoms with Crippen molar-refractivity contribution >= 4 is 20.7 Å². The van der Waals surface area contributed by atoms with Crippen LogP contribution in [0.3, 0.4) is 0 Å². The van der Waals surface area contributed by atoms with Gasteiger partial charge in [0.05, 0.1) is 23.6 Å². The molecular weight excluding hydrogens is 413 g/mol. The molecule has 0 amide bonds. The fourth-order valence-corrected chi connectivity index (χ4v) is 7.84. The first kappa shape index (κ1) is 20.4. The third-order valence-corrected chi connectivity index (χ3v) is 9.50. The van der Waals surface area contributed by atoms with E-state index in [0.29, 0.717) is 5.92 Å². The minimum absolute atomic E-state index is 0.0735. The third kappa shape index (κ3) is 3.82. The van der Waals surface area contributed by atoms with Crippen molar-refractivity contribution in [3.05, 3.63) is 71.7 Å². The van der Waals surface area contributed by atoms with Crippen LogP contribution in [0.1, 0.15) is 49.1 Å². The minimum atomic E-state index is -3.19. The van der Waals surface area contributed by atoms with Crippen LogP contribution in [0, 0.1) is 11.2 Å². The van der Waals surface area contributed by atoms with Gasteiger partial charge in [0.2, 0.25) is 0 Å². The van der Waals surface area contributed by atoms with Crippen molar-refractivity contribution in [1.82, 2.24) is 4.98 Å². The number of sulfone groups is 1. The molecule has 0 radical (unpaired) electrons. The summed E-state index contributed by atoms with van der Waals surface area (Å²) in [7, 11) is -1.59. The fraction of sp³-hybridized carbons (Fsp3) is 0.400. The smallest absolute Gasteiger partial charge is 0.157 e. The molecule has 162 valence electrons. The van der Waals surface area contributed by atoms with Crippen LogP contribution in [0.2, 0.25) is 0 Å². The molecule has 1 heterocycles. The number of nitrogens with zero attached hydrogens (tertiary/aromatic N) is 1. The highest BCUT2D eigenvalue weighted by molar-refractivity contribution is 7.91. The van der Waals surface area contributed by atoms with Gasteiger partial charge < -0.3 is 4.74 Å². The van der Waals surface area contributed by atoms with E-state index in [-0.39, 0.29) is 22.2 Å². The predicted octanol–water partition coefficient (Wildman–Crippen LogP) is 5.41. The SMILES string of the molecule is COc1ccc(CS(=O)(=O)C2CC23CCC(c2ccnc4ccc(F)cc24)CC3)cc1. The molecule has 2 aliphatic carbocycles. The zero-order valence-electron chi connectivity index (χ0n) is 17.6. The highest BCUT2D eigenvalue weighted by atomic mass is 32.2. The Hall–Kier alpha value is -2.47. The van der Waals surface area contributed by atoms with E-state index in [1.54, 1.807) is 37.6 Å². The fourth-order valence-electron chi connectivity index (χ4n) is 5.40. The monoisotopic (exact) mass is 439 g/mol. The van der Waals surface area contributed by atoms with Gasteiger partial charge in [0.15, 0.2) is 9.84 Å². The summed E-state index contributed by atoms with van der Waals surface area (Å²) >= 11 is 0. The summed E-state index contributed by atoms with van der Waals surface area (Å²) in [5, 5.41) is 0.637. The van der Waals surface area contributed by atoms with E-state index in [1.165, 1.54) is 6.07 Å². The normalized spacial score (nSPS) is 25.6. The van der Waals surface area contributed by atoms with Crippen LogP contribution in [0.25, 0.3) is 10.9 Å². The number of pyridine rings is 1. The number of hydrogen-bond donors (Lipinski definition) is 0. The number of aromatic nitrogens is 1. The first-order valence-electron chi connectivity index (χ1n) is 10.8. The number of hydrogen-bond acceptors (Lipinski definition) is 4. The topological polar surface area (TPSA) is 56.3 Å². The molecule has 1 aromatic heterocycles. The molecule has 2 saturated carbocycles. The van der Waals surface area contributed by atoms with Crippen LogP contribution in [0.4, 0.5) is 4.39 Å². The van der Waals surface area contributed by atoms with Gasteiger partial charge in [-0.25, -0.2) is 12.8 Å². The second-order valence-corrected chi connectivity index (χ2v) is 11.2. The predicted molar refractivity (Wildman–Crippen MR) is 119 cm³/mol. The van der Waals surface area contributed by atoms with Crippen LogP contribution in [-0.4, -0.2) is 25.8 Å². The van der Waals surface area contributed by atoms with Crippen molar-refractivity contribution in [1.29, 1.82) is 0 Å². The summed E-state index contributed by atoms with van der Waals surface area (Å²) in [4.78, 5) is 4.36. The van der Waals surface area contributed by atoms with Crippen molar-refractivity contribution in [3.63, 3.8) is 0 Å². The summed E-state index contributed by atoms with van der Waals surface area (Å²) in [6, 6.07) is 14.0. The lowest BCUT2D eigenvalue weighted by Gasteiger charge is -2.30. The average molecular weight is 440 g/mol. The molecule has 3 aromatic rings. The number of rotatable bonds is 5. The molecule has 1 spiro atoms. The number of halogens is 1. The minimum Gasteiger partial charge on any atom is -0.497 e. The number of ether oxygens (including phenoxy) is 1. The Labute approximate surface area is 182 Å². The van der Waals surface area contributed by atoms with Crippen LogP contribution in [0.5, 0.6) is 5.75 Å². The van der Waals surface area contributed by atoms with Gasteiger partial charge in [-0.1, -0.05) is 12.1 Å². The van der Waals surface area contributed by atoms with E-state index in [9.17, 15) is 12.8 Å². The molecule has 0 saturated heterocycles. The van der Waals surface area contributed by atoms with Crippen LogP contribution < -0.4 is 4.74 Å². The molecular formula is C25H26FNO3S. The molecule has 1 atom stereocenters. The summed E-state index contributed by atoms with van der Waals surface area (Å²) in [5.74, 6) is 0.886. The van der Waals surface area contributed by atoms with Crippen molar-refractivity contribution in [3.8, 4) is 5.75 Å². The lowest BCUT2D eigenvalue weighted by atomic mass is 9.76. The molecule has 1 unspecified atom stereocenters. The van der Waals surface area contributed by atoms with Crippen molar-refractivity contribution in [2.75, 3.05) is 7.11 Å². The van der Waals surface area contributed by atoms with Gasteiger partial charge in [-0.05, 0) is 91.0 Å². The molecule has 2 fully saturated rings. The van der Waals surface area contributed by atoms with E-state index in [4.69, 9.17) is 4.74 Å². The number of methoxy groups -OCH3 is 1. The Morgan fingerprint density at radius 3 is 2.55 bits per heavy atom. The summed E-state index contributed by atoms with van der Waals surface area (Å²) in [6.07, 6.45) is 6.24. The van der Waals surface area contributed by atoms with Gasteiger partial charge in [0, 0.05) is 11.6 Å². The van der Waals surface area contributed by atoms with E-state index in [2.05, 4.69) is 4.98 Å². The highest BCUT2D eigenvalue weighted by Gasteiger charge is 2.60. The standard InChI is InChI=1S/C25H26FNO3S/c1-30-20-5-2-17(3-6-20)16-31(28,29)24-15-25(24)11-8-18(9-12-25)21-10-13-27-23-7-4-19(26)14-22(21)23/h2-7,10,13-14,18,24H,8-9,11-12,15-16H2,1H3. The average Bonchev–Trinajstić information content (AvgIpc) is 3.49. The van der Waals surface area contributed by atoms with Crippen LogP contribution in [0.15, 0.2) is 54.7 Å². The van der Waals surface area contributed by atoms with Gasteiger partial charge in [0.25, 0.3) is 0 Å². The lowest BCUT2D eigenvalue weighted by Crippen LogP contribution is -2.22. The van der Waals surface area contributed by atoms with Crippen LogP contribution >= 0.6 is 0 Å². The van der Waals surface area contributed by atoms with Gasteiger partial charge in [-0.15, -0.1) is 0 Å². The Morgan fingerprint density at radius 2 is 1.84 bits per heavy atom. The third-order valence-electron chi connectivity index (χ3n) is 7.23. The van der Waals surface area contributed by atoms with Crippen molar-refractivity contribution in [2.45, 2.75) is 49.0 Å². The molecule has 0 aliphatic heterocycles. The second-order valence-electron chi connectivity index (χ2n) is 9.05. The van der Waals surface area contributed by atoms with Crippen molar-refractivity contribution < 1.29 is 17.5 Å². The van der Waals surface area contributed by atoms with Gasteiger partial charge in [-0.3, -0.25) is 4.98 Å². The Bertz CT molecular complexity index is 1220. The first-order valence-corrected chi connectivity index (χ1v) is 12.5. The number of benzene rings is 2. The lowest BCUT2D eigenvalue weighted by molar-refractivity contribution is 0.307. The van der Waals surface area contributed by atoms with Gasteiger partial charge in [-0.2, -0.15) is 0 Å². The highest BCUT2D eigenvalue weighted by Crippen LogP contribution is 2.62. The Morgan fingerprint density at radius 1 is 1.10 bits per heavy atom. The van der Waals surface area contributed by atoms with E-state index < -0.39 is 9.84 Å². The zero-order valence-corrected chi connectivity index (χ0v) is 18.4. The van der Waals surface area contributed by atoms with Gasteiger partial charge >= 0.3 is 0 Å². The second kappa shape index (κ2) is 7.59. The maximum absolute atomic E-state index is 13.8. The van der Waals surface area contributed by atoms with Gasteiger partial charge in [0.1, 0.15) is 11.6 Å². The largest absolute Gasteiger partial charge is 0.497 e. The summed E-state index contributed by atoms with van der Waals surface area (Å²) in [5.41, 5.74) is 2.68. The maximum Gasteiger partial charge on any atom is 0.157 e. The van der Waals surface area contributed by atoms with E-state index >= 15 is 0 Å². The van der Waals surface area contributed by atoms with Crippen molar-refractivity contribution in [2.24, 2.45) is 5.41 Å². The molecule has 0 bridgehead atoms. The molecule has 0 N–H and O–H groups in total. The molecule has 2 aliphatic rings.